The molecular weight excluding hydrogens is 323 g/mol. The van der Waals surface area contributed by atoms with E-state index in [-0.39, 0.29) is 22.0 Å². The standard InChI is InChI=1S/C11H16BrFN2O2S/c1-8(15(2)3)7-14-18(16,17)9-4-5-10(12)11(13)6-9/h4-6,8,14H,7H2,1-3H3. The Morgan fingerprint density at radius 2 is 2.06 bits per heavy atom. The lowest BCUT2D eigenvalue weighted by molar-refractivity contribution is 0.314. The molecule has 1 aromatic rings. The molecule has 4 nitrogen and oxygen atoms in total. The SMILES string of the molecule is CC(CNS(=O)(=O)c1ccc(Br)c(F)c1)N(C)C. The summed E-state index contributed by atoms with van der Waals surface area (Å²) < 4.78 is 39.8. The van der Waals surface area contributed by atoms with Crippen LogP contribution in [0.3, 0.4) is 0 Å². The van der Waals surface area contributed by atoms with Gasteiger partial charge in [-0.25, -0.2) is 17.5 Å². The van der Waals surface area contributed by atoms with Crippen molar-refractivity contribution in [1.82, 2.24) is 9.62 Å². The van der Waals surface area contributed by atoms with E-state index in [1.165, 1.54) is 12.1 Å². The van der Waals surface area contributed by atoms with Crippen molar-refractivity contribution in [2.75, 3.05) is 20.6 Å². The van der Waals surface area contributed by atoms with Gasteiger partial charge in [0.05, 0.1) is 9.37 Å². The average Bonchev–Trinajstić information content (AvgIpc) is 2.29. The first kappa shape index (κ1) is 15.6. The van der Waals surface area contributed by atoms with Crippen LogP contribution in [0, 0.1) is 5.82 Å². The van der Waals surface area contributed by atoms with Gasteiger partial charge in [-0.15, -0.1) is 0 Å². The van der Waals surface area contributed by atoms with Crippen LogP contribution in [0.25, 0.3) is 0 Å². The van der Waals surface area contributed by atoms with Crippen molar-refractivity contribution in [2.45, 2.75) is 17.9 Å². The summed E-state index contributed by atoms with van der Waals surface area (Å²) in [5, 5.41) is 0. The van der Waals surface area contributed by atoms with E-state index in [2.05, 4.69) is 20.7 Å². The number of rotatable bonds is 5. The number of sulfonamides is 1. The predicted octanol–water partition coefficient (Wildman–Crippen LogP) is 1.82. The molecule has 1 N–H and O–H groups in total. The minimum absolute atomic E-state index is 0.0556. The lowest BCUT2D eigenvalue weighted by atomic mass is 10.3. The van der Waals surface area contributed by atoms with Crippen LogP contribution in [0.1, 0.15) is 6.92 Å². The largest absolute Gasteiger partial charge is 0.305 e. The molecule has 0 heterocycles. The summed E-state index contributed by atoms with van der Waals surface area (Å²) in [6, 6.07) is 3.78. The second-order valence-corrected chi connectivity index (χ2v) is 6.86. The van der Waals surface area contributed by atoms with Crippen LogP contribution in [-0.4, -0.2) is 40.0 Å². The normalized spacial score (nSPS) is 13.9. The number of hydrogen-bond donors (Lipinski definition) is 1. The van der Waals surface area contributed by atoms with E-state index in [1.54, 1.807) is 0 Å². The summed E-state index contributed by atoms with van der Waals surface area (Å²) in [6.07, 6.45) is 0. The molecule has 0 fully saturated rings. The third kappa shape index (κ3) is 4.01. The fourth-order valence-corrected chi connectivity index (χ4v) is 2.52. The minimum Gasteiger partial charge on any atom is -0.305 e. The first-order chi connectivity index (χ1) is 8.24. The van der Waals surface area contributed by atoms with Crippen LogP contribution in [0.4, 0.5) is 4.39 Å². The highest BCUT2D eigenvalue weighted by atomic mass is 79.9. The molecule has 0 aromatic heterocycles. The van der Waals surface area contributed by atoms with E-state index in [1.807, 2.05) is 25.9 Å². The van der Waals surface area contributed by atoms with Crippen molar-refractivity contribution in [1.29, 1.82) is 0 Å². The molecule has 1 atom stereocenters. The van der Waals surface area contributed by atoms with Crippen LogP contribution in [0.2, 0.25) is 0 Å². The topological polar surface area (TPSA) is 49.4 Å². The highest BCUT2D eigenvalue weighted by Crippen LogP contribution is 2.19. The molecule has 1 unspecified atom stereocenters. The molecular formula is C11H16BrFN2O2S. The lowest BCUT2D eigenvalue weighted by Crippen LogP contribution is -2.38. The van der Waals surface area contributed by atoms with Gasteiger partial charge >= 0.3 is 0 Å². The lowest BCUT2D eigenvalue weighted by Gasteiger charge is -2.20. The number of nitrogens with zero attached hydrogens (tertiary/aromatic N) is 1. The van der Waals surface area contributed by atoms with Crippen LogP contribution in [0.5, 0.6) is 0 Å². The molecule has 0 bridgehead atoms. The Morgan fingerprint density at radius 3 is 2.56 bits per heavy atom. The van der Waals surface area contributed by atoms with Crippen LogP contribution in [0.15, 0.2) is 27.6 Å². The predicted molar refractivity (Wildman–Crippen MR) is 72.4 cm³/mol. The molecule has 0 aliphatic heterocycles. The van der Waals surface area contributed by atoms with Gasteiger partial charge in [0.2, 0.25) is 10.0 Å². The fraction of sp³-hybridized carbons (Fsp3) is 0.455. The molecule has 0 aliphatic carbocycles. The van der Waals surface area contributed by atoms with Gasteiger partial charge in [0, 0.05) is 12.6 Å². The maximum absolute atomic E-state index is 13.3. The first-order valence-corrected chi connectivity index (χ1v) is 7.63. The molecule has 102 valence electrons. The Hall–Kier alpha value is -0.500. The Balaban J connectivity index is 2.83. The number of benzene rings is 1. The molecule has 18 heavy (non-hydrogen) atoms. The van der Waals surface area contributed by atoms with Gasteiger partial charge in [-0.1, -0.05) is 0 Å². The second kappa shape index (κ2) is 6.10. The van der Waals surface area contributed by atoms with Crippen molar-refractivity contribution in [2.24, 2.45) is 0 Å². The highest BCUT2D eigenvalue weighted by molar-refractivity contribution is 9.10. The average molecular weight is 339 g/mol. The zero-order chi connectivity index (χ0) is 13.9. The van der Waals surface area contributed by atoms with Crippen molar-refractivity contribution < 1.29 is 12.8 Å². The van der Waals surface area contributed by atoms with Gasteiger partial charge in [-0.3, -0.25) is 0 Å². The highest BCUT2D eigenvalue weighted by Gasteiger charge is 2.17. The summed E-state index contributed by atoms with van der Waals surface area (Å²) in [6.45, 7) is 2.16. The Labute approximate surface area is 115 Å². The van der Waals surface area contributed by atoms with Gasteiger partial charge < -0.3 is 4.90 Å². The molecule has 0 saturated heterocycles. The van der Waals surface area contributed by atoms with E-state index in [9.17, 15) is 12.8 Å². The van der Waals surface area contributed by atoms with Crippen molar-refractivity contribution in [3.63, 3.8) is 0 Å². The van der Waals surface area contributed by atoms with E-state index < -0.39 is 15.8 Å². The maximum atomic E-state index is 13.3. The molecule has 0 spiro atoms. The van der Waals surface area contributed by atoms with Gasteiger partial charge in [0.1, 0.15) is 5.82 Å². The Morgan fingerprint density at radius 1 is 1.44 bits per heavy atom. The zero-order valence-electron chi connectivity index (χ0n) is 10.4. The zero-order valence-corrected chi connectivity index (χ0v) is 12.8. The number of halogens is 2. The molecule has 1 rings (SSSR count). The third-order valence-electron chi connectivity index (χ3n) is 2.65. The number of hydrogen-bond acceptors (Lipinski definition) is 3. The van der Waals surface area contributed by atoms with E-state index in [0.717, 1.165) is 6.07 Å². The molecule has 0 radical (unpaired) electrons. The summed E-state index contributed by atoms with van der Waals surface area (Å²) in [7, 11) is 0.0532. The first-order valence-electron chi connectivity index (χ1n) is 5.35. The van der Waals surface area contributed by atoms with Gasteiger partial charge in [0.25, 0.3) is 0 Å². The summed E-state index contributed by atoms with van der Waals surface area (Å²) in [4.78, 5) is 1.82. The van der Waals surface area contributed by atoms with E-state index >= 15 is 0 Å². The molecule has 0 aliphatic rings. The smallest absolute Gasteiger partial charge is 0.240 e. The molecule has 7 heteroatoms. The molecule has 0 saturated carbocycles. The summed E-state index contributed by atoms with van der Waals surface area (Å²) in [5.41, 5.74) is 0. The van der Waals surface area contributed by atoms with Crippen molar-refractivity contribution in [3.05, 3.63) is 28.5 Å². The van der Waals surface area contributed by atoms with Crippen LogP contribution in [-0.2, 0) is 10.0 Å². The Kier molecular flexibility index (Phi) is 5.27. The van der Waals surface area contributed by atoms with Crippen molar-refractivity contribution >= 4 is 26.0 Å². The summed E-state index contributed by atoms with van der Waals surface area (Å²) in [5.74, 6) is -0.599. The van der Waals surface area contributed by atoms with Gasteiger partial charge in [-0.05, 0) is 55.1 Å². The Bertz CT molecular complexity index is 520. The van der Waals surface area contributed by atoms with Crippen LogP contribution < -0.4 is 4.72 Å². The van der Waals surface area contributed by atoms with Crippen LogP contribution >= 0.6 is 15.9 Å². The van der Waals surface area contributed by atoms with E-state index in [4.69, 9.17) is 0 Å². The second-order valence-electron chi connectivity index (χ2n) is 4.24. The fourth-order valence-electron chi connectivity index (χ4n) is 1.14. The number of nitrogens with one attached hydrogen (secondary N) is 1. The van der Waals surface area contributed by atoms with Gasteiger partial charge in [-0.2, -0.15) is 0 Å². The molecule has 1 aromatic carbocycles. The minimum atomic E-state index is -3.67. The van der Waals surface area contributed by atoms with Gasteiger partial charge in [0.15, 0.2) is 0 Å². The quantitative estimate of drug-likeness (QED) is 0.890. The number of likely N-dealkylation sites (N-methyl/N-ethyl adjacent to an activating group) is 1. The summed E-state index contributed by atoms with van der Waals surface area (Å²) >= 11 is 2.98. The molecule has 0 amide bonds. The monoisotopic (exact) mass is 338 g/mol. The maximum Gasteiger partial charge on any atom is 0.240 e. The van der Waals surface area contributed by atoms with E-state index in [0.29, 0.717) is 0 Å². The third-order valence-corrected chi connectivity index (χ3v) is 4.72. The van der Waals surface area contributed by atoms with Crippen molar-refractivity contribution in [3.8, 4) is 0 Å².